The molecule has 116 valence electrons. The van der Waals surface area contributed by atoms with E-state index >= 15 is 0 Å². The van der Waals surface area contributed by atoms with E-state index in [1.807, 2.05) is 6.07 Å². The molecule has 1 amide bonds. The molecule has 2 aromatic carbocycles. The maximum absolute atomic E-state index is 13.5. The number of halogens is 2. The van der Waals surface area contributed by atoms with Gasteiger partial charge in [0.05, 0.1) is 5.69 Å². The van der Waals surface area contributed by atoms with E-state index in [-0.39, 0.29) is 12.3 Å². The second kappa shape index (κ2) is 7.97. The lowest BCUT2D eigenvalue weighted by molar-refractivity contribution is -0.111. The zero-order valence-corrected chi connectivity index (χ0v) is 12.7. The number of rotatable bonds is 5. The molecule has 0 unspecified atom stereocenters. The van der Waals surface area contributed by atoms with Crippen LogP contribution in [0.2, 0.25) is 5.02 Å². The zero-order chi connectivity index (χ0) is 16.7. The lowest BCUT2D eigenvalue weighted by Crippen LogP contribution is -2.09. The summed E-state index contributed by atoms with van der Waals surface area (Å²) in [5.74, 6) is -0.472. The van der Waals surface area contributed by atoms with Gasteiger partial charge in [-0.05, 0) is 42.0 Å². The van der Waals surface area contributed by atoms with Gasteiger partial charge in [-0.15, -0.1) is 0 Å². The summed E-state index contributed by atoms with van der Waals surface area (Å²) in [4.78, 5) is 11.8. The average molecular weight is 331 g/mol. The number of hydrogen-bond donors (Lipinski definition) is 1. The topological polar surface area (TPSA) is 62.1 Å². The Balaban J connectivity index is 1.98. The number of carbonyl (C=O) groups is 1. The third-order valence-corrected chi connectivity index (χ3v) is 3.03. The van der Waals surface area contributed by atoms with Gasteiger partial charge in [0.15, 0.2) is 6.61 Å². The molecule has 0 heterocycles. The molecule has 0 saturated heterocycles. The average Bonchev–Trinajstić information content (AvgIpc) is 2.55. The highest BCUT2D eigenvalue weighted by molar-refractivity contribution is 6.30. The van der Waals surface area contributed by atoms with Gasteiger partial charge in [-0.3, -0.25) is 4.79 Å². The smallest absolute Gasteiger partial charge is 0.248 e. The van der Waals surface area contributed by atoms with Crippen LogP contribution >= 0.6 is 11.6 Å². The van der Waals surface area contributed by atoms with Gasteiger partial charge >= 0.3 is 0 Å². The van der Waals surface area contributed by atoms with E-state index in [9.17, 15) is 9.18 Å². The van der Waals surface area contributed by atoms with Crippen LogP contribution in [0, 0.1) is 17.1 Å². The number of ether oxygens (including phenoxy) is 1. The first-order valence-electron chi connectivity index (χ1n) is 6.62. The van der Waals surface area contributed by atoms with Gasteiger partial charge in [0.1, 0.15) is 17.6 Å². The number of carbonyl (C=O) groups excluding carboxylic acids is 1. The molecule has 0 radical (unpaired) electrons. The SMILES string of the molecule is N#CCOc1ccc(/C=C/C(=O)Nc2cc(Cl)ccc2F)cc1. The number of nitrogens with zero attached hydrogens (tertiary/aromatic N) is 1. The van der Waals surface area contributed by atoms with Crippen molar-refractivity contribution in [3.63, 3.8) is 0 Å². The van der Waals surface area contributed by atoms with Crippen LogP contribution in [0.3, 0.4) is 0 Å². The van der Waals surface area contributed by atoms with Gasteiger partial charge in [-0.2, -0.15) is 5.26 Å². The number of anilines is 1. The molecule has 0 aromatic heterocycles. The Hall–Kier alpha value is -2.84. The van der Waals surface area contributed by atoms with Gasteiger partial charge in [0.2, 0.25) is 5.91 Å². The predicted molar refractivity (Wildman–Crippen MR) is 86.6 cm³/mol. The van der Waals surface area contributed by atoms with Crippen molar-refractivity contribution in [2.75, 3.05) is 11.9 Å². The minimum Gasteiger partial charge on any atom is -0.479 e. The van der Waals surface area contributed by atoms with Gasteiger partial charge in [-0.1, -0.05) is 23.7 Å². The molecule has 4 nitrogen and oxygen atoms in total. The third-order valence-electron chi connectivity index (χ3n) is 2.80. The summed E-state index contributed by atoms with van der Waals surface area (Å²) in [6.45, 7) is -0.0250. The molecule has 6 heteroatoms. The van der Waals surface area contributed by atoms with Gasteiger partial charge in [-0.25, -0.2) is 4.39 Å². The van der Waals surface area contributed by atoms with E-state index in [0.717, 1.165) is 5.56 Å². The lowest BCUT2D eigenvalue weighted by atomic mass is 10.2. The molecule has 0 bridgehead atoms. The first-order chi connectivity index (χ1) is 11.1. The number of benzene rings is 2. The molecule has 0 aliphatic heterocycles. The Morgan fingerprint density at radius 2 is 2.04 bits per heavy atom. The molecule has 0 aliphatic carbocycles. The maximum Gasteiger partial charge on any atom is 0.248 e. The first-order valence-corrected chi connectivity index (χ1v) is 7.00. The Labute approximate surface area is 137 Å². The Kier molecular flexibility index (Phi) is 5.73. The van der Waals surface area contributed by atoms with E-state index in [4.69, 9.17) is 21.6 Å². The van der Waals surface area contributed by atoms with Crippen LogP contribution in [-0.4, -0.2) is 12.5 Å². The molecule has 2 rings (SSSR count). The quantitative estimate of drug-likeness (QED) is 0.842. The summed E-state index contributed by atoms with van der Waals surface area (Å²) in [5, 5.41) is 11.2. The van der Waals surface area contributed by atoms with Gasteiger partial charge < -0.3 is 10.1 Å². The van der Waals surface area contributed by atoms with Crippen LogP contribution in [0.25, 0.3) is 6.08 Å². The highest BCUT2D eigenvalue weighted by atomic mass is 35.5. The molecule has 0 spiro atoms. The molecule has 1 N–H and O–H groups in total. The van der Waals surface area contributed by atoms with E-state index in [1.165, 1.54) is 24.3 Å². The summed E-state index contributed by atoms with van der Waals surface area (Å²) in [5.41, 5.74) is 0.781. The summed E-state index contributed by atoms with van der Waals surface area (Å²) < 4.78 is 18.6. The normalized spacial score (nSPS) is 10.3. The molecule has 0 atom stereocenters. The zero-order valence-electron chi connectivity index (χ0n) is 11.9. The number of nitrogens with one attached hydrogen (secondary N) is 1. The minimum absolute atomic E-state index is 0.0207. The largest absolute Gasteiger partial charge is 0.479 e. The van der Waals surface area contributed by atoms with Crippen molar-refractivity contribution in [2.45, 2.75) is 0 Å². The molecule has 2 aromatic rings. The monoisotopic (exact) mass is 330 g/mol. The minimum atomic E-state index is -0.560. The Morgan fingerprint density at radius 3 is 2.74 bits per heavy atom. The molecule has 0 fully saturated rings. The Bertz CT molecular complexity index is 767. The summed E-state index contributed by atoms with van der Waals surface area (Å²) >= 11 is 5.76. The van der Waals surface area contributed by atoms with Crippen LogP contribution in [0.5, 0.6) is 5.75 Å². The van der Waals surface area contributed by atoms with Crippen molar-refractivity contribution in [2.24, 2.45) is 0 Å². The highest BCUT2D eigenvalue weighted by Gasteiger charge is 2.05. The molecular weight excluding hydrogens is 319 g/mol. The summed E-state index contributed by atoms with van der Waals surface area (Å²) in [6, 6.07) is 12.6. The first kappa shape index (κ1) is 16.5. The molecule has 23 heavy (non-hydrogen) atoms. The summed E-state index contributed by atoms with van der Waals surface area (Å²) in [7, 11) is 0. The molecule has 0 saturated carbocycles. The number of nitriles is 1. The van der Waals surface area contributed by atoms with Crippen molar-refractivity contribution in [1.29, 1.82) is 5.26 Å². The summed E-state index contributed by atoms with van der Waals surface area (Å²) in [6.07, 6.45) is 2.86. The lowest BCUT2D eigenvalue weighted by Gasteiger charge is -2.04. The highest BCUT2D eigenvalue weighted by Crippen LogP contribution is 2.19. The van der Waals surface area contributed by atoms with Crippen LogP contribution in [0.1, 0.15) is 5.56 Å². The molecular formula is C17H12ClFN2O2. The van der Waals surface area contributed by atoms with Crippen molar-refractivity contribution in [3.8, 4) is 11.8 Å². The van der Waals surface area contributed by atoms with Crippen molar-refractivity contribution >= 4 is 29.3 Å². The predicted octanol–water partition coefficient (Wildman–Crippen LogP) is 4.03. The second-order valence-electron chi connectivity index (χ2n) is 4.46. The number of amides is 1. The van der Waals surface area contributed by atoms with Crippen LogP contribution in [0.15, 0.2) is 48.5 Å². The van der Waals surface area contributed by atoms with Gasteiger partial charge in [0.25, 0.3) is 0 Å². The van der Waals surface area contributed by atoms with Crippen LogP contribution in [0.4, 0.5) is 10.1 Å². The van der Waals surface area contributed by atoms with Crippen molar-refractivity contribution < 1.29 is 13.9 Å². The molecule has 0 aliphatic rings. The fraction of sp³-hybridized carbons (Fsp3) is 0.0588. The number of hydrogen-bond acceptors (Lipinski definition) is 3. The van der Waals surface area contributed by atoms with E-state index in [1.54, 1.807) is 30.3 Å². The Morgan fingerprint density at radius 1 is 1.30 bits per heavy atom. The second-order valence-corrected chi connectivity index (χ2v) is 4.90. The van der Waals surface area contributed by atoms with E-state index in [2.05, 4.69) is 5.32 Å². The van der Waals surface area contributed by atoms with Crippen molar-refractivity contribution in [3.05, 3.63) is 64.9 Å². The van der Waals surface area contributed by atoms with Crippen LogP contribution < -0.4 is 10.1 Å². The van der Waals surface area contributed by atoms with Crippen molar-refractivity contribution in [1.82, 2.24) is 0 Å². The van der Waals surface area contributed by atoms with E-state index < -0.39 is 11.7 Å². The fourth-order valence-corrected chi connectivity index (χ4v) is 1.90. The van der Waals surface area contributed by atoms with Crippen LogP contribution in [-0.2, 0) is 4.79 Å². The third kappa shape index (κ3) is 5.13. The fourth-order valence-electron chi connectivity index (χ4n) is 1.73. The maximum atomic E-state index is 13.5. The standard InChI is InChI=1S/C17H12ClFN2O2/c18-13-4-7-15(19)16(11-13)21-17(22)8-3-12-1-5-14(6-2-12)23-10-9-20/h1-8,11H,10H2,(H,21,22)/b8-3+. The van der Waals surface area contributed by atoms with E-state index in [0.29, 0.717) is 10.8 Å². The van der Waals surface area contributed by atoms with Gasteiger partial charge in [0, 0.05) is 11.1 Å².